The maximum Gasteiger partial charge on any atom is 0.334 e. The van der Waals surface area contributed by atoms with E-state index >= 15 is 0 Å². The van der Waals surface area contributed by atoms with Crippen molar-refractivity contribution in [3.63, 3.8) is 0 Å². The number of esters is 2. The van der Waals surface area contributed by atoms with Gasteiger partial charge in [0.1, 0.15) is 5.60 Å². The number of carbonyl (C=O) groups excluding carboxylic acids is 2. The fourth-order valence-electron chi connectivity index (χ4n) is 5.23. The number of methoxy groups -OCH3 is 1. The van der Waals surface area contributed by atoms with E-state index in [0.717, 1.165) is 25.7 Å². The molecule has 0 radical (unpaired) electrons. The van der Waals surface area contributed by atoms with Gasteiger partial charge in [0.2, 0.25) is 0 Å². The third-order valence-electron chi connectivity index (χ3n) is 5.57. The van der Waals surface area contributed by atoms with Crippen LogP contribution in [0.2, 0.25) is 0 Å². The lowest BCUT2D eigenvalue weighted by Crippen LogP contribution is -2.62. The minimum atomic E-state index is -0.592. The molecule has 0 aromatic heterocycles. The Morgan fingerprint density at radius 2 is 1.70 bits per heavy atom. The second-order valence-electron chi connectivity index (χ2n) is 7.78. The predicted octanol–water partition coefficient (Wildman–Crippen LogP) is 2.78. The molecule has 0 heterocycles. The largest absolute Gasteiger partial charge is 0.467 e. The van der Waals surface area contributed by atoms with Crippen LogP contribution in [0, 0.1) is 11.8 Å². The summed E-state index contributed by atoms with van der Waals surface area (Å²) in [5.41, 5.74) is -0.387. The van der Waals surface area contributed by atoms with Crippen LogP contribution in [0.15, 0.2) is 12.2 Å². The lowest BCUT2D eigenvalue weighted by molar-refractivity contribution is -0.244. The van der Waals surface area contributed by atoms with Crippen LogP contribution in [0.5, 0.6) is 0 Å². The summed E-state index contributed by atoms with van der Waals surface area (Å²) in [6, 6.07) is 0. The van der Waals surface area contributed by atoms with E-state index in [1.54, 1.807) is 13.8 Å². The Morgan fingerprint density at radius 1 is 1.13 bits per heavy atom. The van der Waals surface area contributed by atoms with Gasteiger partial charge >= 0.3 is 11.9 Å². The van der Waals surface area contributed by atoms with E-state index in [1.165, 1.54) is 13.5 Å². The van der Waals surface area contributed by atoms with Gasteiger partial charge in [-0.3, -0.25) is 0 Å². The van der Waals surface area contributed by atoms with Gasteiger partial charge in [-0.05, 0) is 57.8 Å². The van der Waals surface area contributed by atoms with Crippen molar-refractivity contribution in [3.05, 3.63) is 12.2 Å². The topological polar surface area (TPSA) is 61.8 Å². The van der Waals surface area contributed by atoms with Crippen LogP contribution >= 0.6 is 0 Å². The predicted molar refractivity (Wildman–Crippen MR) is 83.6 cm³/mol. The standard InChI is InChI=1S/C18H26O5/c1-11(2)15(19)23-18-8-13-5-14(9-18)7-17(6-13,10-18)22-12(3)16(20)21-4/h12-14H,1,5-10H2,2-4H3/t12?,13-,14+,17?,18?. The fraction of sp³-hybridized carbons (Fsp3) is 0.778. The summed E-state index contributed by atoms with van der Waals surface area (Å²) < 4.78 is 16.8. The summed E-state index contributed by atoms with van der Waals surface area (Å²) in [5.74, 6) is 0.329. The summed E-state index contributed by atoms with van der Waals surface area (Å²) in [7, 11) is 1.37. The van der Waals surface area contributed by atoms with Crippen LogP contribution in [-0.4, -0.2) is 36.4 Å². The summed E-state index contributed by atoms with van der Waals surface area (Å²) in [4.78, 5) is 23.8. The van der Waals surface area contributed by atoms with E-state index < -0.39 is 11.7 Å². The maximum absolute atomic E-state index is 12.1. The minimum absolute atomic E-state index is 0.317. The second kappa shape index (κ2) is 5.62. The van der Waals surface area contributed by atoms with E-state index in [1.807, 2.05) is 0 Å². The molecule has 4 bridgehead atoms. The molecule has 4 fully saturated rings. The van der Waals surface area contributed by atoms with Crippen molar-refractivity contribution in [1.29, 1.82) is 0 Å². The highest BCUT2D eigenvalue weighted by atomic mass is 16.6. The molecule has 0 spiro atoms. The molecule has 4 saturated carbocycles. The molecule has 4 aliphatic carbocycles. The summed E-state index contributed by atoms with van der Waals surface area (Å²) in [6.07, 6.45) is 4.94. The van der Waals surface area contributed by atoms with E-state index in [0.29, 0.717) is 23.8 Å². The summed E-state index contributed by atoms with van der Waals surface area (Å²) in [5, 5.41) is 0. The first-order valence-electron chi connectivity index (χ1n) is 8.41. The van der Waals surface area contributed by atoms with Gasteiger partial charge in [0.05, 0.1) is 12.7 Å². The summed E-state index contributed by atoms with van der Waals surface area (Å²) in [6.45, 7) is 7.09. The Kier molecular flexibility index (Phi) is 4.03. The van der Waals surface area contributed by atoms with Gasteiger partial charge in [-0.15, -0.1) is 0 Å². The third-order valence-corrected chi connectivity index (χ3v) is 5.57. The normalized spacial score (nSPS) is 38.9. The van der Waals surface area contributed by atoms with E-state index in [-0.39, 0.29) is 17.5 Å². The maximum atomic E-state index is 12.1. The highest BCUT2D eigenvalue weighted by Crippen LogP contribution is 2.60. The molecular formula is C18H26O5. The minimum Gasteiger partial charge on any atom is -0.467 e. The molecular weight excluding hydrogens is 296 g/mol. The van der Waals surface area contributed by atoms with Crippen molar-refractivity contribution in [2.75, 3.05) is 7.11 Å². The molecule has 5 heteroatoms. The monoisotopic (exact) mass is 322 g/mol. The zero-order valence-electron chi connectivity index (χ0n) is 14.2. The molecule has 0 N–H and O–H groups in total. The van der Waals surface area contributed by atoms with E-state index in [2.05, 4.69) is 6.58 Å². The molecule has 0 aromatic rings. The molecule has 5 atom stereocenters. The van der Waals surface area contributed by atoms with E-state index in [4.69, 9.17) is 14.2 Å². The molecule has 23 heavy (non-hydrogen) atoms. The summed E-state index contributed by atoms with van der Waals surface area (Å²) >= 11 is 0. The molecule has 4 aliphatic rings. The molecule has 0 amide bonds. The fourth-order valence-corrected chi connectivity index (χ4v) is 5.23. The number of hydrogen-bond donors (Lipinski definition) is 0. The lowest BCUT2D eigenvalue weighted by Gasteiger charge is -2.61. The number of hydrogen-bond acceptors (Lipinski definition) is 5. The Hall–Kier alpha value is -1.36. The SMILES string of the molecule is C=C(C)C(=O)OC12C[C@H]3C[C@@H](C1)CC(OC(C)C(=O)OC)(C3)C2. The number of rotatable bonds is 5. The molecule has 0 aromatic carbocycles. The Morgan fingerprint density at radius 3 is 2.22 bits per heavy atom. The quantitative estimate of drug-likeness (QED) is 0.575. The van der Waals surface area contributed by atoms with Crippen molar-refractivity contribution < 1.29 is 23.8 Å². The van der Waals surface area contributed by atoms with E-state index in [9.17, 15) is 9.59 Å². The van der Waals surface area contributed by atoms with Crippen LogP contribution < -0.4 is 0 Å². The van der Waals surface area contributed by atoms with Crippen LogP contribution in [0.25, 0.3) is 0 Å². The first-order valence-corrected chi connectivity index (χ1v) is 8.41. The van der Waals surface area contributed by atoms with Gasteiger partial charge in [-0.25, -0.2) is 9.59 Å². The smallest absolute Gasteiger partial charge is 0.334 e. The molecule has 0 aliphatic heterocycles. The zero-order chi connectivity index (χ0) is 16.8. The van der Waals surface area contributed by atoms with Crippen molar-refractivity contribution in [2.24, 2.45) is 11.8 Å². The molecule has 128 valence electrons. The van der Waals surface area contributed by atoms with Gasteiger partial charge in [-0.1, -0.05) is 6.58 Å². The highest BCUT2D eigenvalue weighted by molar-refractivity contribution is 5.87. The molecule has 5 nitrogen and oxygen atoms in total. The third kappa shape index (κ3) is 3.03. The molecule has 0 saturated heterocycles. The first kappa shape index (κ1) is 16.5. The van der Waals surface area contributed by atoms with Gasteiger partial charge in [-0.2, -0.15) is 0 Å². The average Bonchev–Trinajstić information content (AvgIpc) is 2.43. The van der Waals surface area contributed by atoms with Crippen LogP contribution in [0.1, 0.15) is 52.4 Å². The second-order valence-corrected chi connectivity index (χ2v) is 7.78. The molecule has 4 rings (SSSR count). The number of carbonyl (C=O) groups is 2. The highest BCUT2D eigenvalue weighted by Gasteiger charge is 2.61. The van der Waals surface area contributed by atoms with Crippen molar-refractivity contribution >= 4 is 11.9 Å². The average molecular weight is 322 g/mol. The zero-order valence-corrected chi connectivity index (χ0v) is 14.2. The number of ether oxygens (including phenoxy) is 3. The van der Waals surface area contributed by atoms with Crippen molar-refractivity contribution in [2.45, 2.75) is 69.7 Å². The van der Waals surface area contributed by atoms with Crippen molar-refractivity contribution in [1.82, 2.24) is 0 Å². The van der Waals surface area contributed by atoms with Crippen LogP contribution in [0.4, 0.5) is 0 Å². The van der Waals surface area contributed by atoms with Crippen LogP contribution in [0.3, 0.4) is 0 Å². The van der Waals surface area contributed by atoms with Gasteiger partial charge in [0.25, 0.3) is 0 Å². The van der Waals surface area contributed by atoms with Gasteiger partial charge in [0.15, 0.2) is 6.10 Å². The lowest BCUT2D eigenvalue weighted by atomic mass is 9.52. The Balaban J connectivity index is 1.80. The van der Waals surface area contributed by atoms with Gasteiger partial charge in [0, 0.05) is 12.0 Å². The first-order chi connectivity index (χ1) is 10.8. The van der Waals surface area contributed by atoms with Crippen LogP contribution in [-0.2, 0) is 23.8 Å². The van der Waals surface area contributed by atoms with Gasteiger partial charge < -0.3 is 14.2 Å². The Bertz CT molecular complexity index is 524. The molecule has 3 unspecified atom stereocenters. The van der Waals surface area contributed by atoms with Crippen molar-refractivity contribution in [3.8, 4) is 0 Å². The Labute approximate surface area is 137 Å².